The quantitative estimate of drug-likeness (QED) is 0.549. The van der Waals surface area contributed by atoms with Crippen LogP contribution in [0.5, 0.6) is 5.75 Å². The van der Waals surface area contributed by atoms with Gasteiger partial charge < -0.3 is 20.1 Å². The fourth-order valence-electron chi connectivity index (χ4n) is 4.81. The Bertz CT molecular complexity index is 1280. The molecule has 2 fully saturated rings. The zero-order valence-electron chi connectivity index (χ0n) is 19.3. The van der Waals surface area contributed by atoms with E-state index in [0.717, 1.165) is 30.8 Å². The Labute approximate surface area is 207 Å². The van der Waals surface area contributed by atoms with Crippen molar-refractivity contribution in [2.24, 2.45) is 0 Å². The number of morpholine rings is 1. The monoisotopic (exact) mass is 519 g/mol. The summed E-state index contributed by atoms with van der Waals surface area (Å²) >= 11 is 0. The molecule has 3 amide bonds. The van der Waals surface area contributed by atoms with Crippen molar-refractivity contribution in [3.63, 3.8) is 0 Å². The van der Waals surface area contributed by atoms with Gasteiger partial charge in [0.1, 0.15) is 18.0 Å². The van der Waals surface area contributed by atoms with Crippen molar-refractivity contribution in [1.29, 1.82) is 0 Å². The topological polar surface area (TPSA) is 132 Å². The zero-order valence-corrected chi connectivity index (χ0v) is 20.1. The van der Waals surface area contributed by atoms with Gasteiger partial charge in [-0.15, -0.1) is 0 Å². The van der Waals surface area contributed by atoms with E-state index in [9.17, 15) is 27.5 Å². The first-order valence-electron chi connectivity index (χ1n) is 11.5. The maximum absolute atomic E-state index is 14.9. The molecule has 13 heteroatoms. The van der Waals surface area contributed by atoms with Gasteiger partial charge in [-0.2, -0.15) is 8.42 Å². The molecule has 3 aliphatic rings. The number of fused-ring (bicyclic) bond motifs is 1. The van der Waals surface area contributed by atoms with Crippen LogP contribution in [-0.4, -0.2) is 80.7 Å². The molecular weight excluding hydrogens is 493 g/mol. The van der Waals surface area contributed by atoms with Crippen LogP contribution in [0.25, 0.3) is 0 Å². The summed E-state index contributed by atoms with van der Waals surface area (Å²) < 4.78 is 46.7. The minimum atomic E-state index is -4.31. The molecule has 0 saturated carbocycles. The molecule has 0 spiro atoms. The Morgan fingerprint density at radius 3 is 2.56 bits per heavy atom. The van der Waals surface area contributed by atoms with E-state index in [0.29, 0.717) is 37.0 Å². The van der Waals surface area contributed by atoms with E-state index >= 15 is 0 Å². The van der Waals surface area contributed by atoms with Crippen LogP contribution in [0.1, 0.15) is 11.1 Å². The Morgan fingerprint density at radius 1 is 1.17 bits per heavy atom. The highest BCUT2D eigenvalue weighted by Crippen LogP contribution is 2.36. The molecule has 0 radical (unpaired) electrons. The number of ether oxygens (including phenoxy) is 1. The first-order chi connectivity index (χ1) is 17.2. The van der Waals surface area contributed by atoms with Crippen LogP contribution < -0.4 is 14.3 Å². The number of carbonyl (C=O) groups excluding carboxylic acids is 2. The number of phenols is 1. The molecule has 36 heavy (non-hydrogen) atoms. The highest BCUT2D eigenvalue weighted by molar-refractivity contribution is 7.92. The summed E-state index contributed by atoms with van der Waals surface area (Å²) in [6, 6.07) is 9.26. The SMILES string of the molecule is O=C1CN(c2c(O)cc(NC(=O)N3Cc4ccccc4C[C@H]3CN3CCOCC3)cc2F)S(=O)(=O)N1. The molecular formula is C23H26FN5O6S. The van der Waals surface area contributed by atoms with Gasteiger partial charge in [-0.3, -0.25) is 9.69 Å². The second-order valence-corrected chi connectivity index (χ2v) is 10.6. The lowest BCUT2D eigenvalue weighted by molar-refractivity contribution is -0.117. The van der Waals surface area contributed by atoms with Crippen molar-refractivity contribution in [1.82, 2.24) is 14.5 Å². The van der Waals surface area contributed by atoms with E-state index in [-0.39, 0.29) is 11.7 Å². The Balaban J connectivity index is 1.37. The fourth-order valence-corrected chi connectivity index (χ4v) is 5.99. The molecule has 0 aromatic heterocycles. The summed E-state index contributed by atoms with van der Waals surface area (Å²) in [7, 11) is -4.31. The molecule has 3 heterocycles. The third-order valence-electron chi connectivity index (χ3n) is 6.55. The molecule has 1 atom stereocenters. The van der Waals surface area contributed by atoms with Crippen molar-refractivity contribution in [3.05, 3.63) is 53.3 Å². The lowest BCUT2D eigenvalue weighted by atomic mass is 9.94. The number of rotatable bonds is 4. The zero-order chi connectivity index (χ0) is 25.4. The van der Waals surface area contributed by atoms with Gasteiger partial charge in [0.05, 0.1) is 19.3 Å². The first-order valence-corrected chi connectivity index (χ1v) is 13.0. The maximum Gasteiger partial charge on any atom is 0.326 e. The van der Waals surface area contributed by atoms with E-state index in [1.165, 1.54) is 5.56 Å². The van der Waals surface area contributed by atoms with Crippen LogP contribution in [0, 0.1) is 5.82 Å². The number of hydrogen-bond acceptors (Lipinski definition) is 7. The number of carbonyl (C=O) groups is 2. The predicted octanol–water partition coefficient (Wildman–Crippen LogP) is 1.00. The molecule has 3 aliphatic heterocycles. The molecule has 0 aliphatic carbocycles. The lowest BCUT2D eigenvalue weighted by Gasteiger charge is -2.40. The summed E-state index contributed by atoms with van der Waals surface area (Å²) in [4.78, 5) is 28.8. The highest BCUT2D eigenvalue weighted by atomic mass is 32.2. The summed E-state index contributed by atoms with van der Waals surface area (Å²) in [5.74, 6) is -2.67. The summed E-state index contributed by atoms with van der Waals surface area (Å²) in [6.07, 6.45) is 0.660. The fraction of sp³-hybridized carbons (Fsp3) is 0.391. The van der Waals surface area contributed by atoms with Crippen LogP contribution in [0.4, 0.5) is 20.6 Å². The number of nitrogens with one attached hydrogen (secondary N) is 2. The van der Waals surface area contributed by atoms with Gasteiger partial charge >= 0.3 is 16.2 Å². The summed E-state index contributed by atoms with van der Waals surface area (Å²) in [5, 5.41) is 13.0. The van der Waals surface area contributed by atoms with Gasteiger partial charge in [0.25, 0.3) is 5.91 Å². The second kappa shape index (κ2) is 9.56. The standard InChI is InChI=1S/C23H26FN5O6S/c24-19-10-17(11-20(30)22(19)29-14-21(31)26-36(29,33)34)25-23(32)28-12-16-4-2-1-3-15(16)9-18(28)13-27-5-7-35-8-6-27/h1-4,10-11,18,30H,5-9,12-14H2,(H,25,32)(H,26,31)/t18-/m0/s1. The van der Waals surface area contributed by atoms with Gasteiger partial charge in [0.15, 0.2) is 5.82 Å². The van der Waals surface area contributed by atoms with Gasteiger partial charge in [0.2, 0.25) is 0 Å². The van der Waals surface area contributed by atoms with Crippen molar-refractivity contribution < 1.29 is 32.2 Å². The van der Waals surface area contributed by atoms with E-state index in [1.807, 2.05) is 18.2 Å². The number of phenolic OH excluding ortho intramolecular Hbond substituents is 1. The van der Waals surface area contributed by atoms with Crippen LogP contribution in [0.3, 0.4) is 0 Å². The third kappa shape index (κ3) is 4.81. The second-order valence-electron chi connectivity index (χ2n) is 8.96. The highest BCUT2D eigenvalue weighted by Gasteiger charge is 2.38. The molecule has 2 aromatic rings. The van der Waals surface area contributed by atoms with Gasteiger partial charge in [-0.25, -0.2) is 18.2 Å². The number of aromatic hydroxyl groups is 1. The summed E-state index contributed by atoms with van der Waals surface area (Å²) in [6.45, 7) is 3.16. The van der Waals surface area contributed by atoms with Crippen molar-refractivity contribution in [2.45, 2.75) is 19.0 Å². The molecule has 3 N–H and O–H groups in total. The van der Waals surface area contributed by atoms with Crippen molar-refractivity contribution in [2.75, 3.05) is 49.0 Å². The number of urea groups is 1. The average Bonchev–Trinajstić information content (AvgIpc) is 3.10. The number of hydrogen-bond donors (Lipinski definition) is 3. The van der Waals surface area contributed by atoms with Crippen molar-refractivity contribution in [3.8, 4) is 5.75 Å². The third-order valence-corrected chi connectivity index (χ3v) is 7.93. The maximum atomic E-state index is 14.9. The Hall–Kier alpha value is -3.42. The van der Waals surface area contributed by atoms with E-state index < -0.39 is 45.9 Å². The van der Waals surface area contributed by atoms with E-state index in [1.54, 1.807) is 9.62 Å². The largest absolute Gasteiger partial charge is 0.506 e. The molecule has 2 saturated heterocycles. The van der Waals surface area contributed by atoms with Crippen LogP contribution in [0.2, 0.25) is 0 Å². The van der Waals surface area contributed by atoms with Crippen LogP contribution in [0.15, 0.2) is 36.4 Å². The Kier molecular flexibility index (Phi) is 6.45. The number of anilines is 2. The van der Waals surface area contributed by atoms with E-state index in [4.69, 9.17) is 4.74 Å². The summed E-state index contributed by atoms with van der Waals surface area (Å²) in [5.41, 5.74) is 1.48. The van der Waals surface area contributed by atoms with E-state index in [2.05, 4.69) is 16.3 Å². The number of halogens is 1. The van der Waals surface area contributed by atoms with Gasteiger partial charge in [-0.05, 0) is 23.6 Å². The molecule has 11 nitrogen and oxygen atoms in total. The smallest absolute Gasteiger partial charge is 0.326 e. The van der Waals surface area contributed by atoms with Crippen molar-refractivity contribution >= 4 is 33.5 Å². The average molecular weight is 520 g/mol. The number of nitrogens with zero attached hydrogens (tertiary/aromatic N) is 3. The molecule has 2 aromatic carbocycles. The molecule has 192 valence electrons. The number of amides is 3. The minimum absolute atomic E-state index is 0.0430. The predicted molar refractivity (Wildman–Crippen MR) is 128 cm³/mol. The van der Waals surface area contributed by atoms with Gasteiger partial charge in [-0.1, -0.05) is 24.3 Å². The molecule has 5 rings (SSSR count). The normalized spacial score (nSPS) is 21.7. The van der Waals surface area contributed by atoms with Gasteiger partial charge in [0, 0.05) is 37.9 Å². The molecule has 0 bridgehead atoms. The van der Waals surface area contributed by atoms with Crippen LogP contribution >= 0.6 is 0 Å². The number of benzene rings is 2. The lowest BCUT2D eigenvalue weighted by Crippen LogP contribution is -2.53. The molecule has 0 unspecified atom stereocenters. The minimum Gasteiger partial charge on any atom is -0.506 e. The van der Waals surface area contributed by atoms with Crippen LogP contribution in [-0.2, 0) is 32.7 Å². The first kappa shape index (κ1) is 24.3. The Morgan fingerprint density at radius 2 is 1.89 bits per heavy atom.